The first-order chi connectivity index (χ1) is 22.2. The summed E-state index contributed by atoms with van der Waals surface area (Å²) in [7, 11) is 0. The molecule has 238 valence electrons. The van der Waals surface area contributed by atoms with Crippen LogP contribution in [0.3, 0.4) is 0 Å². The highest BCUT2D eigenvalue weighted by atomic mass is 32.2. The predicted molar refractivity (Wildman–Crippen MR) is 172 cm³/mol. The molecule has 0 radical (unpaired) electrons. The monoisotopic (exact) mass is 647 g/mol. The number of carbonyl (C=O) groups is 1. The van der Waals surface area contributed by atoms with Gasteiger partial charge in [0.25, 0.3) is 0 Å². The summed E-state index contributed by atoms with van der Waals surface area (Å²) >= 11 is 1.38. The first kappa shape index (κ1) is 31.8. The van der Waals surface area contributed by atoms with Gasteiger partial charge in [-0.2, -0.15) is 13.2 Å². The number of nitrogens with zero attached hydrogens (tertiary/aromatic N) is 4. The maximum atomic E-state index is 13.4. The van der Waals surface area contributed by atoms with Crippen LogP contribution in [0.4, 0.5) is 23.4 Å². The quantitative estimate of drug-likeness (QED) is 0.123. The predicted octanol–water partition coefficient (Wildman–Crippen LogP) is 6.79. The summed E-state index contributed by atoms with van der Waals surface area (Å²) in [6.07, 6.45) is -0.669. The second-order valence-corrected chi connectivity index (χ2v) is 12.4. The van der Waals surface area contributed by atoms with Gasteiger partial charge >= 0.3 is 6.18 Å². The van der Waals surface area contributed by atoms with E-state index in [1.165, 1.54) is 41.8 Å². The first-order valence-corrected chi connectivity index (χ1v) is 15.8. The number of hydrogen-bond acceptors (Lipinski definition) is 6. The van der Waals surface area contributed by atoms with E-state index in [1.807, 2.05) is 46.8 Å². The normalized spacial score (nSPS) is 17.4. The van der Waals surface area contributed by atoms with Gasteiger partial charge in [-0.05, 0) is 71.6 Å². The summed E-state index contributed by atoms with van der Waals surface area (Å²) in [6.45, 7) is 4.79. The Morgan fingerprint density at radius 1 is 0.891 bits per heavy atom. The summed E-state index contributed by atoms with van der Waals surface area (Å²) in [5.74, 6) is 0.210. The van der Waals surface area contributed by atoms with Crippen molar-refractivity contribution in [2.45, 2.75) is 30.2 Å². The topological polar surface area (TPSA) is 51.7 Å². The van der Waals surface area contributed by atoms with E-state index in [0.29, 0.717) is 17.8 Å². The fourth-order valence-corrected chi connectivity index (χ4v) is 6.50. The summed E-state index contributed by atoms with van der Waals surface area (Å²) in [4.78, 5) is 23.6. The Morgan fingerprint density at radius 2 is 1.61 bits per heavy atom. The van der Waals surface area contributed by atoms with Gasteiger partial charge in [-0.3, -0.25) is 9.69 Å². The van der Waals surface area contributed by atoms with E-state index in [0.717, 1.165) is 61.1 Å². The van der Waals surface area contributed by atoms with Gasteiger partial charge in [0, 0.05) is 56.3 Å². The highest BCUT2D eigenvalue weighted by molar-refractivity contribution is 7.97. The minimum Gasteiger partial charge on any atom is -0.354 e. The number of rotatable bonds is 9. The van der Waals surface area contributed by atoms with Gasteiger partial charge in [0.15, 0.2) is 0 Å². The molecule has 0 unspecified atom stereocenters. The minimum atomic E-state index is -4.43. The first-order valence-electron chi connectivity index (χ1n) is 15.1. The molecule has 6 nitrogen and oxygen atoms in total. The van der Waals surface area contributed by atoms with Crippen LogP contribution >= 0.6 is 11.9 Å². The molecule has 46 heavy (non-hydrogen) atoms. The highest BCUT2D eigenvalue weighted by Gasteiger charge is 2.30. The molecule has 1 fully saturated rings. The third-order valence-corrected chi connectivity index (χ3v) is 9.10. The molecular formula is C35H33F4N5OS. The number of hydrogen-bond donors (Lipinski definition) is 1. The maximum Gasteiger partial charge on any atom is 0.416 e. The second kappa shape index (κ2) is 14.1. The van der Waals surface area contributed by atoms with Gasteiger partial charge in [-0.15, -0.1) is 0 Å². The van der Waals surface area contributed by atoms with Gasteiger partial charge in [-0.1, -0.05) is 54.6 Å². The number of aromatic nitrogens is 1. The van der Waals surface area contributed by atoms with Crippen molar-refractivity contribution in [3.8, 4) is 11.3 Å². The number of pyridine rings is 1. The molecule has 1 aromatic heterocycles. The molecule has 1 atom stereocenters. The minimum absolute atomic E-state index is 0.188. The van der Waals surface area contributed by atoms with Crippen LogP contribution in [0.15, 0.2) is 108 Å². The molecular weight excluding hydrogens is 614 g/mol. The van der Waals surface area contributed by atoms with Crippen LogP contribution in [0.1, 0.15) is 16.7 Å². The molecule has 1 saturated heterocycles. The zero-order valence-corrected chi connectivity index (χ0v) is 25.8. The highest BCUT2D eigenvalue weighted by Crippen LogP contribution is 2.32. The largest absolute Gasteiger partial charge is 0.416 e. The van der Waals surface area contributed by atoms with Crippen LogP contribution in [-0.2, 0) is 24.1 Å². The van der Waals surface area contributed by atoms with Crippen LogP contribution in [0.25, 0.3) is 11.3 Å². The van der Waals surface area contributed by atoms with Gasteiger partial charge in [0.05, 0.1) is 11.3 Å². The second-order valence-electron chi connectivity index (χ2n) is 11.3. The van der Waals surface area contributed by atoms with Gasteiger partial charge in [-0.25, -0.2) is 13.7 Å². The number of alkyl halides is 3. The van der Waals surface area contributed by atoms with Crippen LogP contribution in [0, 0.1) is 5.82 Å². The molecule has 2 aliphatic heterocycles. The van der Waals surface area contributed by atoms with Gasteiger partial charge in [0.1, 0.15) is 17.7 Å². The summed E-state index contributed by atoms with van der Waals surface area (Å²) in [5, 5.41) is 3.03. The Labute approximate surface area is 269 Å². The number of piperazine rings is 1. The number of nitrogens with one attached hydrogen (secondary N) is 1. The van der Waals surface area contributed by atoms with E-state index in [2.05, 4.69) is 27.2 Å². The Hall–Kier alpha value is -4.19. The molecule has 0 aliphatic carbocycles. The molecule has 0 saturated carbocycles. The zero-order valence-electron chi connectivity index (χ0n) is 25.0. The van der Waals surface area contributed by atoms with E-state index in [1.54, 1.807) is 12.1 Å². The molecule has 6 rings (SSSR count). The van der Waals surface area contributed by atoms with E-state index in [-0.39, 0.29) is 18.3 Å². The Balaban J connectivity index is 1.17. The van der Waals surface area contributed by atoms with Crippen LogP contribution in [-0.4, -0.2) is 58.9 Å². The Kier molecular flexibility index (Phi) is 9.72. The van der Waals surface area contributed by atoms with Crippen LogP contribution in [0.5, 0.6) is 0 Å². The lowest BCUT2D eigenvalue weighted by Crippen LogP contribution is -2.46. The van der Waals surface area contributed by atoms with E-state index in [9.17, 15) is 22.4 Å². The third kappa shape index (κ3) is 7.96. The lowest BCUT2D eigenvalue weighted by Gasteiger charge is -2.35. The molecule has 11 heteroatoms. The lowest BCUT2D eigenvalue weighted by atomic mass is 10.1. The number of amides is 1. The number of carbonyl (C=O) groups excluding carboxylic acids is 1. The van der Waals surface area contributed by atoms with Crippen molar-refractivity contribution in [3.05, 3.63) is 126 Å². The molecule has 1 amide bonds. The standard InChI is InChI=1S/C35H33F4N5OS/c36-29-12-14-30(15-13-29)46-44-16-4-7-32(44)34(45)40-23-26-21-31(27-8-10-28(11-9-27)35(37,38)39)41-33(22-26)43-19-17-42(18-20-43)24-25-5-2-1-3-6-25/h1-15,21-22,32H,16-20,23-24H2,(H,40,45)/t32-/m0/s1. The maximum absolute atomic E-state index is 13.4. The molecule has 3 heterocycles. The number of halogens is 4. The zero-order chi connectivity index (χ0) is 32.1. The average Bonchev–Trinajstić information content (AvgIpc) is 3.53. The molecule has 0 spiro atoms. The van der Waals surface area contributed by atoms with Crippen molar-refractivity contribution in [1.82, 2.24) is 19.5 Å². The van der Waals surface area contributed by atoms with Crippen molar-refractivity contribution in [2.24, 2.45) is 0 Å². The van der Waals surface area contributed by atoms with Crippen LogP contribution < -0.4 is 10.2 Å². The van der Waals surface area contributed by atoms with E-state index < -0.39 is 17.8 Å². The number of benzene rings is 3. The fraction of sp³-hybridized carbons (Fsp3) is 0.257. The number of anilines is 1. The molecule has 1 N–H and O–H groups in total. The molecule has 3 aromatic carbocycles. The third-order valence-electron chi connectivity index (χ3n) is 8.01. The summed E-state index contributed by atoms with van der Waals surface area (Å²) < 4.78 is 55.0. The SMILES string of the molecule is O=C(NCc1cc(-c2ccc(C(F)(F)F)cc2)nc(N2CCN(Cc3ccccc3)CC2)c1)[C@@H]1C=CCN1Sc1ccc(F)cc1. The van der Waals surface area contributed by atoms with Crippen LogP contribution in [0.2, 0.25) is 0 Å². The van der Waals surface area contributed by atoms with Crippen molar-refractivity contribution >= 4 is 23.7 Å². The van der Waals surface area contributed by atoms with Crippen molar-refractivity contribution < 1.29 is 22.4 Å². The Bertz CT molecular complexity index is 1660. The smallest absolute Gasteiger partial charge is 0.354 e. The summed E-state index contributed by atoms with van der Waals surface area (Å²) in [6, 6.07) is 24.7. The van der Waals surface area contributed by atoms with Crippen molar-refractivity contribution in [2.75, 3.05) is 37.6 Å². The lowest BCUT2D eigenvalue weighted by molar-refractivity contribution is -0.137. The Morgan fingerprint density at radius 3 is 2.30 bits per heavy atom. The van der Waals surface area contributed by atoms with Crippen molar-refractivity contribution in [3.63, 3.8) is 0 Å². The molecule has 0 bridgehead atoms. The fourth-order valence-electron chi connectivity index (χ4n) is 5.53. The van der Waals surface area contributed by atoms with Crippen molar-refractivity contribution in [1.29, 1.82) is 0 Å². The van der Waals surface area contributed by atoms with E-state index >= 15 is 0 Å². The average molecular weight is 648 g/mol. The van der Waals surface area contributed by atoms with Gasteiger partial charge in [0.2, 0.25) is 5.91 Å². The van der Waals surface area contributed by atoms with Gasteiger partial charge < -0.3 is 10.2 Å². The summed E-state index contributed by atoms with van der Waals surface area (Å²) in [5.41, 5.74) is 2.42. The molecule has 2 aliphatic rings. The van der Waals surface area contributed by atoms with E-state index in [4.69, 9.17) is 4.98 Å². The molecule has 4 aromatic rings.